The molecule has 0 fully saturated rings. The fraction of sp³-hybridized carbons (Fsp3) is 0.133. The Kier molecular flexibility index (Phi) is 7.05. The molecule has 0 saturated carbocycles. The van der Waals surface area contributed by atoms with Crippen molar-refractivity contribution in [2.45, 2.75) is 5.92 Å². The number of para-hydroxylation sites is 2. The summed E-state index contributed by atoms with van der Waals surface area (Å²) < 4.78 is 27.3. The van der Waals surface area contributed by atoms with Gasteiger partial charge < -0.3 is 29.4 Å². The van der Waals surface area contributed by atoms with Crippen LogP contribution in [0.3, 0.4) is 0 Å². The minimum absolute atomic E-state index is 0.0102. The van der Waals surface area contributed by atoms with Crippen LogP contribution in [0.5, 0.6) is 23.0 Å². The fourth-order valence-corrected chi connectivity index (χ4v) is 4.78. The van der Waals surface area contributed by atoms with Crippen LogP contribution in [0.1, 0.15) is 21.8 Å². The minimum Gasteiger partial charge on any atom is -0.466 e. The average molecular weight is 554 g/mol. The van der Waals surface area contributed by atoms with Crippen LogP contribution < -0.4 is 20.1 Å². The number of ether oxygens (including phenoxy) is 5. The highest BCUT2D eigenvalue weighted by Crippen LogP contribution is 2.53. The highest BCUT2D eigenvalue weighted by atomic mass is 16.6. The summed E-state index contributed by atoms with van der Waals surface area (Å²) in [4.78, 5) is 40.7. The number of rotatable bonds is 5. The maximum atomic E-state index is 13.5. The molecule has 206 valence electrons. The van der Waals surface area contributed by atoms with Crippen molar-refractivity contribution in [2.75, 3.05) is 26.2 Å². The van der Waals surface area contributed by atoms with E-state index in [-0.39, 0.29) is 45.4 Å². The molecular weight excluding hydrogens is 530 g/mol. The second-order valence-electron chi connectivity index (χ2n) is 8.80. The van der Waals surface area contributed by atoms with Crippen molar-refractivity contribution in [3.63, 3.8) is 0 Å². The molecule has 2 aliphatic heterocycles. The lowest BCUT2D eigenvalue weighted by Crippen LogP contribution is -2.41. The van der Waals surface area contributed by atoms with E-state index in [1.54, 1.807) is 54.6 Å². The van der Waals surface area contributed by atoms with Gasteiger partial charge in [-0.1, -0.05) is 42.5 Å². The van der Waals surface area contributed by atoms with Gasteiger partial charge in [-0.25, -0.2) is 14.4 Å². The summed E-state index contributed by atoms with van der Waals surface area (Å²) in [7, 11) is 3.49. The molecule has 0 radical (unpaired) electrons. The summed E-state index contributed by atoms with van der Waals surface area (Å²) in [6.45, 7) is 0. The van der Waals surface area contributed by atoms with E-state index in [4.69, 9.17) is 29.4 Å². The highest BCUT2D eigenvalue weighted by molar-refractivity contribution is 6.07. The van der Waals surface area contributed by atoms with Crippen LogP contribution in [0.25, 0.3) is 0 Å². The largest absolute Gasteiger partial charge is 0.466 e. The number of hydrogen-bond donors (Lipinski definition) is 1. The lowest BCUT2D eigenvalue weighted by molar-refractivity contribution is -0.139. The maximum absolute atomic E-state index is 13.5. The standard InChI is InChI=1S/C30H23N3O8/c1-37-28(34)17-13-19(26-22(14-17)40-20-11-7-8-12-21(20)41-26)33-25(30(36)39-3)24(29(35)38-2)23(18(15-31)27(33)32)16-9-5-4-6-10-16/h4-14,23H,32H2,1-3H3. The first-order valence-electron chi connectivity index (χ1n) is 12.2. The van der Waals surface area contributed by atoms with Crippen LogP contribution in [-0.2, 0) is 23.8 Å². The van der Waals surface area contributed by atoms with Crippen molar-refractivity contribution in [1.82, 2.24) is 0 Å². The molecule has 1 unspecified atom stereocenters. The number of benzene rings is 3. The number of fused-ring (bicyclic) bond motifs is 2. The smallest absolute Gasteiger partial charge is 0.355 e. The van der Waals surface area contributed by atoms with Gasteiger partial charge in [0, 0.05) is 0 Å². The molecule has 0 amide bonds. The summed E-state index contributed by atoms with van der Waals surface area (Å²) in [6.07, 6.45) is 0. The number of nitrogens with two attached hydrogens (primary N) is 1. The second-order valence-corrected chi connectivity index (χ2v) is 8.80. The molecule has 1 atom stereocenters. The number of hydrogen-bond acceptors (Lipinski definition) is 11. The maximum Gasteiger partial charge on any atom is 0.355 e. The fourth-order valence-electron chi connectivity index (χ4n) is 4.78. The molecule has 2 heterocycles. The van der Waals surface area contributed by atoms with Gasteiger partial charge in [-0.2, -0.15) is 5.26 Å². The summed E-state index contributed by atoms with van der Waals surface area (Å²) in [5.41, 5.74) is 6.58. The molecule has 2 N–H and O–H groups in total. The van der Waals surface area contributed by atoms with Gasteiger partial charge in [-0.15, -0.1) is 0 Å². The Hall–Kier alpha value is -5.76. The lowest BCUT2D eigenvalue weighted by atomic mass is 9.81. The van der Waals surface area contributed by atoms with E-state index in [1.807, 2.05) is 0 Å². The first-order valence-corrected chi connectivity index (χ1v) is 12.2. The van der Waals surface area contributed by atoms with Crippen molar-refractivity contribution in [3.8, 4) is 29.1 Å². The molecular formula is C30H23N3O8. The second kappa shape index (κ2) is 10.8. The van der Waals surface area contributed by atoms with E-state index in [9.17, 15) is 19.6 Å². The number of nitriles is 1. The lowest BCUT2D eigenvalue weighted by Gasteiger charge is -2.37. The molecule has 11 heteroatoms. The predicted octanol–water partition coefficient (Wildman–Crippen LogP) is 4.27. The number of methoxy groups -OCH3 is 3. The number of carbonyl (C=O) groups excluding carboxylic acids is 3. The number of anilines is 1. The Bertz CT molecular complexity index is 1690. The number of esters is 3. The zero-order valence-electron chi connectivity index (χ0n) is 22.2. The van der Waals surface area contributed by atoms with Crippen LogP contribution >= 0.6 is 0 Å². The van der Waals surface area contributed by atoms with Crippen molar-refractivity contribution in [1.29, 1.82) is 5.26 Å². The van der Waals surface area contributed by atoms with Crippen molar-refractivity contribution >= 4 is 23.6 Å². The van der Waals surface area contributed by atoms with Crippen molar-refractivity contribution in [3.05, 3.63) is 101 Å². The topological polar surface area (TPSA) is 150 Å². The molecule has 0 saturated heterocycles. The first kappa shape index (κ1) is 26.8. The van der Waals surface area contributed by atoms with Gasteiger partial charge in [0.25, 0.3) is 0 Å². The van der Waals surface area contributed by atoms with E-state index >= 15 is 0 Å². The summed E-state index contributed by atoms with van der Waals surface area (Å²) in [5.74, 6) is -3.00. The van der Waals surface area contributed by atoms with Crippen LogP contribution in [0, 0.1) is 11.3 Å². The number of carbonyl (C=O) groups is 3. The molecule has 3 aromatic carbocycles. The molecule has 5 rings (SSSR count). The van der Waals surface area contributed by atoms with Gasteiger partial charge in [0.15, 0.2) is 23.0 Å². The number of allylic oxidation sites excluding steroid dienone is 1. The third kappa shape index (κ3) is 4.47. The van der Waals surface area contributed by atoms with Crippen LogP contribution in [0.15, 0.2) is 89.4 Å². The van der Waals surface area contributed by atoms with E-state index in [0.717, 1.165) is 19.1 Å². The average Bonchev–Trinajstić information content (AvgIpc) is 3.01. The molecule has 0 spiro atoms. The SMILES string of the molecule is COC(=O)C1=C(C(=O)OC)N(c2cc(C(=O)OC)cc3c2Oc2ccccc2O3)C(N)=C(C#N)C1c1ccccc1. The normalized spacial score (nSPS) is 15.5. The third-order valence-corrected chi connectivity index (χ3v) is 6.59. The Morgan fingerprint density at radius 2 is 1.44 bits per heavy atom. The van der Waals surface area contributed by atoms with E-state index in [2.05, 4.69) is 6.07 Å². The Morgan fingerprint density at radius 3 is 2.05 bits per heavy atom. The van der Waals surface area contributed by atoms with Gasteiger partial charge in [-0.3, -0.25) is 4.90 Å². The first-order chi connectivity index (χ1) is 19.8. The van der Waals surface area contributed by atoms with E-state index < -0.39 is 23.8 Å². The van der Waals surface area contributed by atoms with E-state index in [0.29, 0.717) is 17.1 Å². The van der Waals surface area contributed by atoms with Crippen LogP contribution in [-0.4, -0.2) is 39.2 Å². The minimum atomic E-state index is -1.07. The third-order valence-electron chi connectivity index (χ3n) is 6.59. The van der Waals surface area contributed by atoms with Crippen molar-refractivity contribution < 1.29 is 38.1 Å². The Morgan fingerprint density at radius 1 is 0.829 bits per heavy atom. The van der Waals surface area contributed by atoms with Crippen LogP contribution in [0.2, 0.25) is 0 Å². The monoisotopic (exact) mass is 553 g/mol. The molecule has 11 nitrogen and oxygen atoms in total. The van der Waals surface area contributed by atoms with Gasteiger partial charge in [0.1, 0.15) is 11.5 Å². The molecule has 41 heavy (non-hydrogen) atoms. The number of nitrogens with zero attached hydrogens (tertiary/aromatic N) is 2. The molecule has 2 aliphatic rings. The summed E-state index contributed by atoms with van der Waals surface area (Å²) >= 11 is 0. The van der Waals surface area contributed by atoms with Gasteiger partial charge in [0.05, 0.1) is 55.7 Å². The zero-order valence-corrected chi connectivity index (χ0v) is 22.2. The van der Waals surface area contributed by atoms with Crippen LogP contribution in [0.4, 0.5) is 5.69 Å². The summed E-state index contributed by atoms with van der Waals surface area (Å²) in [6, 6.07) is 20.2. The molecule has 0 aromatic heterocycles. The van der Waals surface area contributed by atoms with Gasteiger partial charge in [-0.05, 0) is 29.8 Å². The predicted molar refractivity (Wildman–Crippen MR) is 144 cm³/mol. The molecule has 3 aromatic rings. The van der Waals surface area contributed by atoms with Crippen molar-refractivity contribution in [2.24, 2.45) is 5.73 Å². The molecule has 0 bridgehead atoms. The van der Waals surface area contributed by atoms with E-state index in [1.165, 1.54) is 19.2 Å². The highest BCUT2D eigenvalue weighted by Gasteiger charge is 2.44. The summed E-state index contributed by atoms with van der Waals surface area (Å²) in [5, 5.41) is 10.3. The Balaban J connectivity index is 1.86. The Labute approximate surface area is 234 Å². The van der Waals surface area contributed by atoms with Gasteiger partial charge in [0.2, 0.25) is 0 Å². The quantitative estimate of drug-likeness (QED) is 0.279. The van der Waals surface area contributed by atoms with Gasteiger partial charge >= 0.3 is 17.9 Å². The molecule has 0 aliphatic carbocycles. The zero-order chi connectivity index (χ0) is 29.3.